The second-order valence-corrected chi connectivity index (χ2v) is 13.1. The summed E-state index contributed by atoms with van der Waals surface area (Å²) in [4.78, 5) is 18.1. The number of aliphatic hydroxyl groups is 1. The highest BCUT2D eigenvalue weighted by Gasteiger charge is 2.19. The number of rotatable bonds is 14. The molecule has 2 aromatic carbocycles. The number of aromatic nitrogens is 4. The van der Waals surface area contributed by atoms with E-state index in [1.807, 2.05) is 67.9 Å². The molecule has 1 aliphatic rings. The summed E-state index contributed by atoms with van der Waals surface area (Å²) in [6.07, 6.45) is 16.2. The van der Waals surface area contributed by atoms with Gasteiger partial charge in [-0.25, -0.2) is 14.4 Å². The predicted octanol–water partition coefficient (Wildman–Crippen LogP) is 5.03. The molecule has 1 aliphatic heterocycles. The average Bonchev–Trinajstić information content (AvgIpc) is 3.63. The van der Waals surface area contributed by atoms with Crippen LogP contribution >= 0.6 is 0 Å². The van der Waals surface area contributed by atoms with Gasteiger partial charge >= 0.3 is 0 Å². The van der Waals surface area contributed by atoms with E-state index in [-0.39, 0.29) is 5.82 Å². The van der Waals surface area contributed by atoms with Crippen LogP contribution in [0.25, 0.3) is 17.7 Å². The molecule has 0 amide bonds. The number of hydrogen-bond donors (Lipinski definition) is 4. The highest BCUT2D eigenvalue weighted by molar-refractivity contribution is 5.88. The maximum atomic E-state index is 13.6. The summed E-state index contributed by atoms with van der Waals surface area (Å²) in [5.41, 5.74) is 6.45. The van der Waals surface area contributed by atoms with Crippen molar-refractivity contribution in [1.29, 1.82) is 5.41 Å². The minimum atomic E-state index is -0.460. The van der Waals surface area contributed by atoms with Gasteiger partial charge in [0.15, 0.2) is 0 Å². The number of benzene rings is 2. The molecule has 268 valence electrons. The van der Waals surface area contributed by atoms with Crippen LogP contribution in [0, 0.1) is 11.2 Å². The summed E-state index contributed by atoms with van der Waals surface area (Å²) in [6.45, 7) is 10.4. The zero-order valence-electron chi connectivity index (χ0n) is 29.7. The van der Waals surface area contributed by atoms with Gasteiger partial charge in [0, 0.05) is 106 Å². The molecule has 11 heteroatoms. The number of β-amino-alcohol motifs (C(OH)–C–C–N with tert-alkyl or cyclic N) is 1. The molecule has 0 radical (unpaired) electrons. The molecule has 0 aliphatic carbocycles. The van der Waals surface area contributed by atoms with E-state index in [9.17, 15) is 9.50 Å². The standard InChI is InChI=1S/C41H46FN9O/c1-3-38-40(46-29-47-41(38)48-36-10-12-39(34(21-36)22-43)45-24-31-6-4-8-35(42)20-31)11-9-30(2)33-13-15-51(26-33)28-37(52)27-50-18-16-49(17-19-50)25-32-7-5-14-44-23-32/h3-15,20-23,26,29,37,43,45,52H,16-19,24-25,27-28H2,1-2H3,(H,46,47,48)/b30-9+,38-3+,40-11+,43-22?. The van der Waals surface area contributed by atoms with Crippen molar-refractivity contribution >= 4 is 41.1 Å². The molecule has 4 N–H and O–H groups in total. The van der Waals surface area contributed by atoms with E-state index in [1.165, 1.54) is 30.2 Å². The van der Waals surface area contributed by atoms with Crippen LogP contribution in [0.1, 0.15) is 36.1 Å². The average molecular weight is 700 g/mol. The van der Waals surface area contributed by atoms with Gasteiger partial charge in [0.05, 0.1) is 11.5 Å². The Morgan fingerprint density at radius 1 is 1.00 bits per heavy atom. The Morgan fingerprint density at radius 3 is 2.60 bits per heavy atom. The largest absolute Gasteiger partial charge is 0.390 e. The number of piperazine rings is 1. The molecule has 5 aromatic rings. The van der Waals surface area contributed by atoms with Crippen molar-refractivity contribution in [2.75, 3.05) is 43.4 Å². The lowest BCUT2D eigenvalue weighted by Gasteiger charge is -2.35. The maximum Gasteiger partial charge on any atom is 0.141 e. The monoisotopic (exact) mass is 699 g/mol. The van der Waals surface area contributed by atoms with Gasteiger partial charge in [-0.05, 0) is 84.7 Å². The van der Waals surface area contributed by atoms with Crippen LogP contribution in [0.3, 0.4) is 0 Å². The van der Waals surface area contributed by atoms with Gasteiger partial charge < -0.3 is 25.7 Å². The van der Waals surface area contributed by atoms with E-state index in [4.69, 9.17) is 5.41 Å². The fourth-order valence-electron chi connectivity index (χ4n) is 6.39. The van der Waals surface area contributed by atoms with E-state index in [2.05, 4.69) is 65.2 Å². The Kier molecular flexibility index (Phi) is 12.3. The van der Waals surface area contributed by atoms with Crippen LogP contribution in [0.2, 0.25) is 0 Å². The van der Waals surface area contributed by atoms with Gasteiger partial charge in [-0.2, -0.15) is 0 Å². The van der Waals surface area contributed by atoms with Gasteiger partial charge in [-0.15, -0.1) is 0 Å². The third kappa shape index (κ3) is 9.85. The van der Waals surface area contributed by atoms with Crippen molar-refractivity contribution in [3.63, 3.8) is 0 Å². The maximum absolute atomic E-state index is 13.6. The molecular weight excluding hydrogens is 654 g/mol. The zero-order valence-corrected chi connectivity index (χ0v) is 29.7. The Bertz CT molecular complexity index is 2110. The predicted molar refractivity (Wildman–Crippen MR) is 207 cm³/mol. The lowest BCUT2D eigenvalue weighted by molar-refractivity contribution is 0.0623. The Morgan fingerprint density at radius 2 is 1.83 bits per heavy atom. The minimum Gasteiger partial charge on any atom is -0.390 e. The first-order valence-electron chi connectivity index (χ1n) is 17.6. The van der Waals surface area contributed by atoms with Gasteiger partial charge in [0.25, 0.3) is 0 Å². The van der Waals surface area contributed by atoms with E-state index in [0.29, 0.717) is 31.0 Å². The molecule has 1 unspecified atom stereocenters. The molecule has 52 heavy (non-hydrogen) atoms. The molecule has 0 bridgehead atoms. The highest BCUT2D eigenvalue weighted by Crippen LogP contribution is 2.22. The minimum absolute atomic E-state index is 0.276. The summed E-state index contributed by atoms with van der Waals surface area (Å²) in [5.74, 6) is 0.378. The molecule has 1 fully saturated rings. The first kappa shape index (κ1) is 36.3. The molecular formula is C41H46FN9O. The number of allylic oxidation sites excluding steroid dienone is 2. The molecule has 4 heterocycles. The summed E-state index contributed by atoms with van der Waals surface area (Å²) < 4.78 is 15.7. The van der Waals surface area contributed by atoms with Gasteiger partial charge in [-0.1, -0.05) is 30.4 Å². The Balaban J connectivity index is 1.05. The number of hydrogen-bond acceptors (Lipinski definition) is 9. The van der Waals surface area contributed by atoms with Crippen LogP contribution < -0.4 is 21.2 Å². The number of anilines is 3. The summed E-state index contributed by atoms with van der Waals surface area (Å²) in [5, 5.41) is 27.2. The van der Waals surface area contributed by atoms with Crippen molar-refractivity contribution < 1.29 is 9.50 Å². The van der Waals surface area contributed by atoms with Gasteiger partial charge in [0.2, 0.25) is 0 Å². The van der Waals surface area contributed by atoms with E-state index in [0.717, 1.165) is 71.4 Å². The van der Waals surface area contributed by atoms with Gasteiger partial charge in [-0.3, -0.25) is 14.8 Å². The Hall–Kier alpha value is -5.49. The second kappa shape index (κ2) is 17.6. The van der Waals surface area contributed by atoms with Crippen LogP contribution in [-0.2, 0) is 19.6 Å². The zero-order chi connectivity index (χ0) is 36.3. The van der Waals surface area contributed by atoms with Gasteiger partial charge in [0.1, 0.15) is 18.0 Å². The van der Waals surface area contributed by atoms with Crippen molar-refractivity contribution in [2.24, 2.45) is 0 Å². The third-order valence-corrected chi connectivity index (χ3v) is 9.23. The SMILES string of the molecule is C/C=c1/c(Nc2ccc(NCc3cccc(F)c3)c(C=N)c2)ncn/c1=C/C=C(\C)c1ccn(CC(O)CN2CCN(Cc3cccnc3)CC2)c1. The Labute approximate surface area is 304 Å². The molecule has 1 atom stereocenters. The van der Waals surface area contributed by atoms with Crippen molar-refractivity contribution in [3.8, 4) is 0 Å². The van der Waals surface area contributed by atoms with Crippen molar-refractivity contribution in [3.05, 3.63) is 136 Å². The lowest BCUT2D eigenvalue weighted by Crippen LogP contribution is -2.48. The molecule has 3 aromatic heterocycles. The molecule has 10 nitrogen and oxygen atoms in total. The fourth-order valence-corrected chi connectivity index (χ4v) is 6.39. The third-order valence-electron chi connectivity index (χ3n) is 9.23. The van der Waals surface area contributed by atoms with Crippen LogP contribution in [-0.4, -0.2) is 79.5 Å². The highest BCUT2D eigenvalue weighted by atomic mass is 19.1. The molecule has 1 saturated heterocycles. The molecule has 0 saturated carbocycles. The first-order chi connectivity index (χ1) is 25.4. The number of halogens is 1. The normalized spacial score (nSPS) is 15.5. The number of nitrogens with one attached hydrogen (secondary N) is 3. The summed E-state index contributed by atoms with van der Waals surface area (Å²) in [7, 11) is 0. The van der Waals surface area contributed by atoms with Crippen molar-refractivity contribution in [2.45, 2.75) is 39.6 Å². The number of nitrogens with zero attached hydrogens (tertiary/aromatic N) is 6. The first-order valence-corrected chi connectivity index (χ1v) is 17.6. The van der Waals surface area contributed by atoms with Crippen LogP contribution in [0.4, 0.5) is 21.6 Å². The topological polar surface area (TPSA) is 118 Å². The van der Waals surface area contributed by atoms with Crippen LogP contribution in [0.5, 0.6) is 0 Å². The van der Waals surface area contributed by atoms with E-state index >= 15 is 0 Å². The van der Waals surface area contributed by atoms with E-state index < -0.39 is 6.10 Å². The fraction of sp³-hybridized carbons (Fsp3) is 0.268. The van der Waals surface area contributed by atoms with Crippen molar-refractivity contribution in [1.82, 2.24) is 29.3 Å². The second-order valence-electron chi connectivity index (χ2n) is 13.1. The molecule has 6 rings (SSSR count). The summed E-state index contributed by atoms with van der Waals surface area (Å²) >= 11 is 0. The number of pyridine rings is 1. The van der Waals surface area contributed by atoms with Crippen LogP contribution in [0.15, 0.2) is 97.9 Å². The number of aliphatic hydroxyl groups excluding tert-OH is 1. The lowest BCUT2D eigenvalue weighted by atomic mass is 10.1. The summed E-state index contributed by atoms with van der Waals surface area (Å²) in [6, 6.07) is 18.3. The molecule has 0 spiro atoms. The van der Waals surface area contributed by atoms with E-state index in [1.54, 1.807) is 12.3 Å². The quantitative estimate of drug-likeness (QED) is 0.119. The smallest absolute Gasteiger partial charge is 0.141 e.